The molecule has 0 aliphatic rings. The lowest BCUT2D eigenvalue weighted by Gasteiger charge is -2.33. The van der Waals surface area contributed by atoms with Crippen LogP contribution in [0.2, 0.25) is 5.02 Å². The molecule has 0 bridgehead atoms. The first-order chi connectivity index (χ1) is 18.0. The highest BCUT2D eigenvalue weighted by molar-refractivity contribution is 9.10. The molecule has 0 aliphatic carbocycles. The van der Waals surface area contributed by atoms with Gasteiger partial charge in [0, 0.05) is 29.0 Å². The molecule has 0 heterocycles. The van der Waals surface area contributed by atoms with Gasteiger partial charge in [0.1, 0.15) is 12.6 Å². The molecular weight excluding hydrogens is 590 g/mol. The Morgan fingerprint density at radius 1 is 0.974 bits per heavy atom. The van der Waals surface area contributed by atoms with Gasteiger partial charge in [-0.25, -0.2) is 8.42 Å². The van der Waals surface area contributed by atoms with Crippen molar-refractivity contribution in [3.05, 3.63) is 99.0 Å². The Morgan fingerprint density at radius 3 is 2.24 bits per heavy atom. The number of amides is 2. The van der Waals surface area contributed by atoms with E-state index in [9.17, 15) is 18.0 Å². The lowest BCUT2D eigenvalue weighted by molar-refractivity contribution is -0.140. The molecule has 2 amide bonds. The quantitative estimate of drug-likeness (QED) is 0.329. The average molecular weight is 621 g/mol. The summed E-state index contributed by atoms with van der Waals surface area (Å²) < 4.78 is 27.7. The molecule has 0 fully saturated rings. The molecule has 0 spiro atoms. The predicted octanol–water partition coefficient (Wildman–Crippen LogP) is 4.95. The van der Waals surface area contributed by atoms with Crippen molar-refractivity contribution < 1.29 is 18.0 Å². The number of likely N-dealkylation sites (N-methyl/N-ethyl adjacent to an activating group) is 1. The second kappa shape index (κ2) is 13.3. The maximum Gasteiger partial charge on any atom is 0.244 e. The third kappa shape index (κ3) is 7.82. The van der Waals surface area contributed by atoms with Crippen molar-refractivity contribution in [1.82, 2.24) is 10.2 Å². The second-order valence-electron chi connectivity index (χ2n) is 8.90. The summed E-state index contributed by atoms with van der Waals surface area (Å²) in [5.74, 6) is -0.823. The van der Waals surface area contributed by atoms with Gasteiger partial charge in [0.25, 0.3) is 0 Å². The van der Waals surface area contributed by atoms with Crippen LogP contribution in [-0.2, 0) is 32.6 Å². The van der Waals surface area contributed by atoms with E-state index >= 15 is 0 Å². The molecular formula is C28H31BrClN3O4S. The van der Waals surface area contributed by atoms with Gasteiger partial charge in [-0.05, 0) is 54.8 Å². The topological polar surface area (TPSA) is 86.8 Å². The van der Waals surface area contributed by atoms with Crippen LogP contribution in [-0.4, -0.2) is 50.5 Å². The predicted molar refractivity (Wildman–Crippen MR) is 156 cm³/mol. The number of carbonyl (C=O) groups excluding carboxylic acids is 2. The number of anilines is 1. The molecule has 1 N–H and O–H groups in total. The SMILES string of the molecule is CCNC(=O)[C@H](Cc1ccccc1)N(Cc1ccc(Br)cc1)C(=O)CN(c1cccc(Cl)c1C)S(C)(=O)=O. The van der Waals surface area contributed by atoms with Crippen molar-refractivity contribution in [2.24, 2.45) is 0 Å². The molecule has 1 atom stereocenters. The number of hydrogen-bond donors (Lipinski definition) is 1. The smallest absolute Gasteiger partial charge is 0.244 e. The Kier molecular flexibility index (Phi) is 10.4. The Labute approximate surface area is 238 Å². The van der Waals surface area contributed by atoms with Gasteiger partial charge < -0.3 is 10.2 Å². The van der Waals surface area contributed by atoms with E-state index in [1.807, 2.05) is 61.5 Å². The fourth-order valence-corrected chi connectivity index (χ4v) is 5.43. The van der Waals surface area contributed by atoms with E-state index < -0.39 is 28.5 Å². The molecule has 0 unspecified atom stereocenters. The largest absolute Gasteiger partial charge is 0.355 e. The van der Waals surface area contributed by atoms with Crippen LogP contribution in [0.3, 0.4) is 0 Å². The number of sulfonamides is 1. The van der Waals surface area contributed by atoms with Crippen LogP contribution in [0.25, 0.3) is 0 Å². The number of nitrogens with one attached hydrogen (secondary N) is 1. The fourth-order valence-electron chi connectivity index (χ4n) is 4.09. The van der Waals surface area contributed by atoms with Gasteiger partial charge in [0.15, 0.2) is 0 Å². The fraction of sp³-hybridized carbons (Fsp3) is 0.286. The zero-order valence-corrected chi connectivity index (χ0v) is 24.7. The van der Waals surface area contributed by atoms with Crippen LogP contribution in [0.5, 0.6) is 0 Å². The molecule has 7 nitrogen and oxygen atoms in total. The van der Waals surface area contributed by atoms with E-state index in [4.69, 9.17) is 11.6 Å². The van der Waals surface area contributed by atoms with Crippen molar-refractivity contribution >= 4 is 55.1 Å². The van der Waals surface area contributed by atoms with E-state index in [1.165, 1.54) is 4.90 Å². The number of rotatable bonds is 11. The van der Waals surface area contributed by atoms with Crippen molar-refractivity contribution in [2.75, 3.05) is 23.7 Å². The molecule has 10 heteroatoms. The Balaban J connectivity index is 2.06. The van der Waals surface area contributed by atoms with E-state index in [0.717, 1.165) is 26.2 Å². The molecule has 0 saturated carbocycles. The van der Waals surface area contributed by atoms with Gasteiger partial charge in [-0.15, -0.1) is 0 Å². The van der Waals surface area contributed by atoms with Gasteiger partial charge in [-0.3, -0.25) is 13.9 Å². The minimum atomic E-state index is -3.86. The number of carbonyl (C=O) groups is 2. The van der Waals surface area contributed by atoms with Gasteiger partial charge in [-0.1, -0.05) is 76.1 Å². The minimum Gasteiger partial charge on any atom is -0.355 e. The Morgan fingerprint density at radius 2 is 1.63 bits per heavy atom. The lowest BCUT2D eigenvalue weighted by atomic mass is 10.0. The van der Waals surface area contributed by atoms with Crippen LogP contribution in [0.15, 0.2) is 77.3 Å². The van der Waals surface area contributed by atoms with E-state index in [0.29, 0.717) is 22.8 Å². The highest BCUT2D eigenvalue weighted by Gasteiger charge is 2.33. The first kappa shape index (κ1) is 29.7. The van der Waals surface area contributed by atoms with Gasteiger partial charge in [-0.2, -0.15) is 0 Å². The maximum atomic E-state index is 14.0. The van der Waals surface area contributed by atoms with Crippen LogP contribution < -0.4 is 9.62 Å². The Hall–Kier alpha value is -2.88. The first-order valence-corrected chi connectivity index (χ1v) is 15.1. The van der Waals surface area contributed by atoms with Crippen LogP contribution in [0.4, 0.5) is 5.69 Å². The summed E-state index contributed by atoms with van der Waals surface area (Å²) in [6.07, 6.45) is 1.31. The van der Waals surface area contributed by atoms with Crippen LogP contribution in [0, 0.1) is 6.92 Å². The summed E-state index contributed by atoms with van der Waals surface area (Å²) in [7, 11) is -3.86. The number of benzene rings is 3. The maximum absolute atomic E-state index is 14.0. The summed E-state index contributed by atoms with van der Waals surface area (Å²) in [5.41, 5.74) is 2.53. The number of nitrogens with zero attached hydrogens (tertiary/aromatic N) is 2. The van der Waals surface area contributed by atoms with Crippen LogP contribution in [0.1, 0.15) is 23.6 Å². The van der Waals surface area contributed by atoms with Crippen molar-refractivity contribution in [3.63, 3.8) is 0 Å². The Bertz CT molecular complexity index is 1370. The van der Waals surface area contributed by atoms with E-state index in [-0.39, 0.29) is 18.9 Å². The minimum absolute atomic E-state index is 0.118. The van der Waals surface area contributed by atoms with Crippen molar-refractivity contribution in [1.29, 1.82) is 0 Å². The third-order valence-corrected chi connectivity index (χ3v) is 8.14. The van der Waals surface area contributed by atoms with Crippen LogP contribution >= 0.6 is 27.5 Å². The number of hydrogen-bond acceptors (Lipinski definition) is 4. The summed E-state index contributed by atoms with van der Waals surface area (Å²) in [6, 6.07) is 20.9. The standard InChI is InChI=1S/C28H31BrClN3O4S/c1-4-31-28(35)26(17-21-9-6-5-7-10-21)32(18-22-13-15-23(29)16-14-22)27(34)19-33(38(3,36)37)25-12-8-11-24(30)20(25)2/h5-16,26H,4,17-19H2,1-3H3,(H,31,35)/t26-/m0/s1. The monoisotopic (exact) mass is 619 g/mol. The highest BCUT2D eigenvalue weighted by atomic mass is 79.9. The summed E-state index contributed by atoms with van der Waals surface area (Å²) in [4.78, 5) is 28.8. The summed E-state index contributed by atoms with van der Waals surface area (Å²) in [5, 5.41) is 3.23. The zero-order valence-electron chi connectivity index (χ0n) is 21.5. The van der Waals surface area contributed by atoms with E-state index in [2.05, 4.69) is 21.2 Å². The van der Waals surface area contributed by atoms with Gasteiger partial charge in [0.2, 0.25) is 21.8 Å². The molecule has 0 aliphatic heterocycles. The first-order valence-electron chi connectivity index (χ1n) is 12.1. The lowest BCUT2D eigenvalue weighted by Crippen LogP contribution is -2.53. The molecule has 0 saturated heterocycles. The van der Waals surface area contributed by atoms with Gasteiger partial charge >= 0.3 is 0 Å². The van der Waals surface area contributed by atoms with E-state index in [1.54, 1.807) is 25.1 Å². The molecule has 3 aromatic carbocycles. The molecule has 202 valence electrons. The second-order valence-corrected chi connectivity index (χ2v) is 12.1. The van der Waals surface area contributed by atoms with Gasteiger partial charge in [0.05, 0.1) is 11.9 Å². The molecule has 3 aromatic rings. The third-order valence-electron chi connectivity index (χ3n) is 6.08. The molecule has 0 aromatic heterocycles. The summed E-state index contributed by atoms with van der Waals surface area (Å²) >= 11 is 9.69. The van der Waals surface area contributed by atoms with Crippen molar-refractivity contribution in [3.8, 4) is 0 Å². The molecule has 0 radical (unpaired) electrons. The molecule has 38 heavy (non-hydrogen) atoms. The summed E-state index contributed by atoms with van der Waals surface area (Å²) in [6.45, 7) is 3.54. The van der Waals surface area contributed by atoms with Crippen molar-refractivity contribution in [2.45, 2.75) is 32.9 Å². The zero-order chi connectivity index (χ0) is 27.9. The highest BCUT2D eigenvalue weighted by Crippen LogP contribution is 2.28. The number of halogens is 2. The average Bonchev–Trinajstić information content (AvgIpc) is 2.87. The molecule has 3 rings (SSSR count). The normalized spacial score (nSPS) is 12.0.